The molecule has 0 spiro atoms. The molecule has 2 aromatic rings. The first-order valence-electron chi connectivity index (χ1n) is 8.30. The molecule has 7 nitrogen and oxygen atoms in total. The van der Waals surface area contributed by atoms with E-state index in [0.717, 1.165) is 26.1 Å². The third-order valence-corrected chi connectivity index (χ3v) is 4.43. The Morgan fingerprint density at radius 1 is 1.36 bits per heavy atom. The number of nitrogens with zero attached hydrogens (tertiary/aromatic N) is 2. The molecule has 0 saturated carbocycles. The summed E-state index contributed by atoms with van der Waals surface area (Å²) in [7, 11) is 0. The molecule has 2 N–H and O–H groups in total. The summed E-state index contributed by atoms with van der Waals surface area (Å²) in [6.07, 6.45) is 3.64. The van der Waals surface area contributed by atoms with Crippen molar-refractivity contribution in [3.63, 3.8) is 0 Å². The first-order chi connectivity index (χ1) is 12.0. The number of benzene rings is 1. The minimum atomic E-state index is -1.01. The Morgan fingerprint density at radius 2 is 2.12 bits per heavy atom. The van der Waals surface area contributed by atoms with E-state index in [0.29, 0.717) is 29.4 Å². The zero-order valence-electron chi connectivity index (χ0n) is 14.1. The predicted molar refractivity (Wildman–Crippen MR) is 92.1 cm³/mol. The normalized spacial score (nSPS) is 15.1. The van der Waals surface area contributed by atoms with Crippen LogP contribution in [0.4, 0.5) is 5.69 Å². The second kappa shape index (κ2) is 7.48. The molecule has 25 heavy (non-hydrogen) atoms. The molecule has 0 radical (unpaired) electrons. The number of ether oxygens (including phenoxy) is 1. The SMILES string of the molecule is Cc1c(C(=O)O)cnn1-c1cccc(NC(=O)CC2CCOCC2)c1. The first kappa shape index (κ1) is 17.2. The fraction of sp³-hybridized carbons (Fsp3) is 0.389. The summed E-state index contributed by atoms with van der Waals surface area (Å²) in [6, 6.07) is 7.22. The molecule has 0 unspecified atom stereocenters. The lowest BCUT2D eigenvalue weighted by molar-refractivity contribution is -0.117. The molecule has 1 amide bonds. The van der Waals surface area contributed by atoms with E-state index in [1.54, 1.807) is 23.7 Å². The van der Waals surface area contributed by atoms with Crippen LogP contribution < -0.4 is 5.32 Å². The Morgan fingerprint density at radius 3 is 2.80 bits per heavy atom. The molecule has 1 aromatic carbocycles. The number of aromatic carboxylic acids is 1. The zero-order valence-corrected chi connectivity index (χ0v) is 14.1. The molecule has 0 atom stereocenters. The Labute approximate surface area is 145 Å². The summed E-state index contributed by atoms with van der Waals surface area (Å²) in [4.78, 5) is 23.4. The van der Waals surface area contributed by atoms with Crippen molar-refractivity contribution in [3.8, 4) is 5.69 Å². The lowest BCUT2D eigenvalue weighted by atomic mass is 9.96. The fourth-order valence-electron chi connectivity index (χ4n) is 3.02. The lowest BCUT2D eigenvalue weighted by Crippen LogP contribution is -2.22. The van der Waals surface area contributed by atoms with Gasteiger partial charge in [0.1, 0.15) is 5.56 Å². The zero-order chi connectivity index (χ0) is 17.8. The van der Waals surface area contributed by atoms with Crippen LogP contribution in [-0.4, -0.2) is 40.0 Å². The van der Waals surface area contributed by atoms with Gasteiger partial charge in [-0.25, -0.2) is 9.48 Å². The van der Waals surface area contributed by atoms with Crippen LogP contribution in [0, 0.1) is 12.8 Å². The highest BCUT2D eigenvalue weighted by atomic mass is 16.5. The van der Waals surface area contributed by atoms with Gasteiger partial charge >= 0.3 is 5.97 Å². The van der Waals surface area contributed by atoms with Crippen molar-refractivity contribution in [2.75, 3.05) is 18.5 Å². The summed E-state index contributed by atoms with van der Waals surface area (Å²) >= 11 is 0. The minimum Gasteiger partial charge on any atom is -0.478 e. The Balaban J connectivity index is 1.71. The summed E-state index contributed by atoms with van der Waals surface area (Å²) in [5.41, 5.74) is 2.07. The van der Waals surface area contributed by atoms with Crippen LogP contribution in [0.3, 0.4) is 0 Å². The van der Waals surface area contributed by atoms with Gasteiger partial charge < -0.3 is 15.2 Å². The second-order valence-electron chi connectivity index (χ2n) is 6.22. The summed E-state index contributed by atoms with van der Waals surface area (Å²) < 4.78 is 6.86. The van der Waals surface area contributed by atoms with Gasteiger partial charge in [0.05, 0.1) is 17.6 Å². The maximum atomic E-state index is 12.2. The van der Waals surface area contributed by atoms with Gasteiger partial charge in [0.15, 0.2) is 0 Å². The number of carbonyl (C=O) groups is 2. The second-order valence-corrected chi connectivity index (χ2v) is 6.22. The maximum Gasteiger partial charge on any atom is 0.339 e. The van der Waals surface area contributed by atoms with Crippen molar-refractivity contribution in [2.45, 2.75) is 26.2 Å². The van der Waals surface area contributed by atoms with Crippen LogP contribution in [-0.2, 0) is 9.53 Å². The first-order valence-corrected chi connectivity index (χ1v) is 8.30. The van der Waals surface area contributed by atoms with Gasteiger partial charge in [0, 0.05) is 25.3 Å². The van der Waals surface area contributed by atoms with Crippen molar-refractivity contribution in [2.24, 2.45) is 5.92 Å². The van der Waals surface area contributed by atoms with Gasteiger partial charge in [-0.1, -0.05) is 6.07 Å². The minimum absolute atomic E-state index is 0.0209. The molecule has 0 bridgehead atoms. The number of hydrogen-bond donors (Lipinski definition) is 2. The van der Waals surface area contributed by atoms with Crippen molar-refractivity contribution in [3.05, 3.63) is 41.7 Å². The summed E-state index contributed by atoms with van der Waals surface area (Å²) in [5.74, 6) is -0.666. The number of amides is 1. The van der Waals surface area contributed by atoms with E-state index < -0.39 is 5.97 Å². The summed E-state index contributed by atoms with van der Waals surface area (Å²) in [6.45, 7) is 3.14. The van der Waals surface area contributed by atoms with Gasteiger partial charge in [-0.05, 0) is 43.9 Å². The third-order valence-electron chi connectivity index (χ3n) is 4.43. The fourth-order valence-corrected chi connectivity index (χ4v) is 3.02. The Bertz CT molecular complexity index is 778. The average Bonchev–Trinajstić information content (AvgIpc) is 2.97. The van der Waals surface area contributed by atoms with Gasteiger partial charge in [-0.15, -0.1) is 0 Å². The maximum absolute atomic E-state index is 12.2. The van der Waals surface area contributed by atoms with E-state index in [1.165, 1.54) is 6.20 Å². The quantitative estimate of drug-likeness (QED) is 0.870. The third kappa shape index (κ3) is 4.06. The number of carbonyl (C=O) groups excluding carboxylic acids is 1. The number of hydrogen-bond acceptors (Lipinski definition) is 4. The van der Waals surface area contributed by atoms with Crippen molar-refractivity contribution in [1.82, 2.24) is 9.78 Å². The van der Waals surface area contributed by atoms with E-state index >= 15 is 0 Å². The number of carboxylic acid groups (broad SMARTS) is 1. The molecule has 3 rings (SSSR count). The molecule has 2 heterocycles. The number of aromatic nitrogens is 2. The van der Waals surface area contributed by atoms with E-state index in [-0.39, 0.29) is 11.5 Å². The lowest BCUT2D eigenvalue weighted by Gasteiger charge is -2.21. The molecule has 7 heteroatoms. The topological polar surface area (TPSA) is 93.5 Å². The van der Waals surface area contributed by atoms with Crippen LogP contribution in [0.5, 0.6) is 0 Å². The van der Waals surface area contributed by atoms with Crippen LogP contribution in [0.25, 0.3) is 5.69 Å². The van der Waals surface area contributed by atoms with Crippen LogP contribution in [0.2, 0.25) is 0 Å². The number of anilines is 1. The van der Waals surface area contributed by atoms with Crippen molar-refractivity contribution in [1.29, 1.82) is 0 Å². The van der Waals surface area contributed by atoms with E-state index in [4.69, 9.17) is 9.84 Å². The Hall–Kier alpha value is -2.67. The monoisotopic (exact) mass is 343 g/mol. The Kier molecular flexibility index (Phi) is 5.14. The molecule has 1 aromatic heterocycles. The summed E-state index contributed by atoms with van der Waals surface area (Å²) in [5, 5.41) is 16.2. The van der Waals surface area contributed by atoms with Crippen molar-refractivity contribution < 1.29 is 19.4 Å². The molecular formula is C18H21N3O4. The molecule has 0 aliphatic carbocycles. The van der Waals surface area contributed by atoms with Gasteiger partial charge in [0.2, 0.25) is 5.91 Å². The van der Waals surface area contributed by atoms with Gasteiger partial charge in [0.25, 0.3) is 0 Å². The van der Waals surface area contributed by atoms with E-state index in [1.807, 2.05) is 12.1 Å². The highest BCUT2D eigenvalue weighted by molar-refractivity contribution is 5.91. The van der Waals surface area contributed by atoms with Gasteiger partial charge in [-0.2, -0.15) is 5.10 Å². The molecule has 132 valence electrons. The molecule has 1 aliphatic rings. The number of nitrogens with one attached hydrogen (secondary N) is 1. The number of rotatable bonds is 5. The van der Waals surface area contributed by atoms with E-state index in [9.17, 15) is 9.59 Å². The highest BCUT2D eigenvalue weighted by Gasteiger charge is 2.18. The largest absolute Gasteiger partial charge is 0.478 e. The average molecular weight is 343 g/mol. The van der Waals surface area contributed by atoms with E-state index in [2.05, 4.69) is 10.4 Å². The molecule has 1 saturated heterocycles. The molecular weight excluding hydrogens is 322 g/mol. The predicted octanol–water partition coefficient (Wildman–Crippen LogP) is 2.63. The van der Waals surface area contributed by atoms with Crippen LogP contribution in [0.15, 0.2) is 30.5 Å². The smallest absolute Gasteiger partial charge is 0.339 e. The molecule has 1 aliphatic heterocycles. The number of carboxylic acids is 1. The standard InChI is InChI=1S/C18H21N3O4/c1-12-16(18(23)24)11-19-21(12)15-4-2-3-14(10-15)20-17(22)9-13-5-7-25-8-6-13/h2-4,10-11,13H,5-9H2,1H3,(H,20,22)(H,23,24). The highest BCUT2D eigenvalue weighted by Crippen LogP contribution is 2.21. The van der Waals surface area contributed by atoms with Crippen LogP contribution >= 0.6 is 0 Å². The van der Waals surface area contributed by atoms with Gasteiger partial charge in [-0.3, -0.25) is 4.79 Å². The van der Waals surface area contributed by atoms with Crippen LogP contribution in [0.1, 0.15) is 35.3 Å². The van der Waals surface area contributed by atoms with Crippen molar-refractivity contribution >= 4 is 17.6 Å². The molecule has 1 fully saturated rings.